The first kappa shape index (κ1) is 24.1. The average Bonchev–Trinajstić information content (AvgIpc) is 2.91. The monoisotopic (exact) mass is 508 g/mol. The number of methoxy groups -OCH3 is 2. The zero-order valence-corrected chi connectivity index (χ0v) is 21.2. The third kappa shape index (κ3) is 4.18. The molecule has 188 valence electrons. The molecule has 9 heteroatoms. The Balaban J connectivity index is 1.55. The van der Waals surface area contributed by atoms with Crippen molar-refractivity contribution in [2.24, 2.45) is 0 Å². The highest BCUT2D eigenvalue weighted by Gasteiger charge is 2.36. The summed E-state index contributed by atoms with van der Waals surface area (Å²) < 4.78 is 42.8. The summed E-state index contributed by atoms with van der Waals surface area (Å²) >= 11 is 0. The number of hydrogen-bond donors (Lipinski definition) is 1. The summed E-state index contributed by atoms with van der Waals surface area (Å²) in [6, 6.07) is 15.7. The number of hydrogen-bond acceptors (Lipinski definition) is 7. The average molecular weight is 509 g/mol. The number of nitrogens with zero attached hydrogens (tertiary/aromatic N) is 1. The van der Waals surface area contributed by atoms with E-state index >= 15 is 0 Å². The largest absolute Gasteiger partial charge is 0.496 e. The number of carbonyl (C=O) groups excluding carboxylic acids is 1. The predicted molar refractivity (Wildman–Crippen MR) is 134 cm³/mol. The van der Waals surface area contributed by atoms with Crippen molar-refractivity contribution in [1.29, 1.82) is 0 Å². The molecule has 1 atom stereocenters. The molecule has 3 aromatic rings. The third-order valence-corrected chi connectivity index (χ3v) is 8.18. The minimum Gasteiger partial charge on any atom is -0.496 e. The molecule has 1 N–H and O–H groups in total. The molecule has 2 aliphatic heterocycles. The van der Waals surface area contributed by atoms with Gasteiger partial charge in [-0.15, -0.1) is 0 Å². The van der Waals surface area contributed by atoms with Crippen molar-refractivity contribution in [2.45, 2.75) is 30.3 Å². The Bertz CT molecular complexity index is 1420. The number of amides is 1. The molecule has 0 saturated carbocycles. The third-order valence-electron chi connectivity index (χ3n) is 6.94. The normalized spacial score (nSPS) is 16.8. The van der Waals surface area contributed by atoms with E-state index in [1.54, 1.807) is 38.4 Å². The highest BCUT2D eigenvalue weighted by molar-refractivity contribution is 7.87. The van der Waals surface area contributed by atoms with Crippen LogP contribution in [0.3, 0.4) is 0 Å². The summed E-state index contributed by atoms with van der Waals surface area (Å²) in [6.45, 7) is 1.28. The van der Waals surface area contributed by atoms with E-state index in [2.05, 4.69) is 10.2 Å². The molecule has 5 rings (SSSR count). The molecule has 3 aromatic carbocycles. The van der Waals surface area contributed by atoms with Crippen molar-refractivity contribution in [1.82, 2.24) is 10.2 Å². The van der Waals surface area contributed by atoms with E-state index in [0.717, 1.165) is 35.2 Å². The van der Waals surface area contributed by atoms with E-state index in [1.807, 2.05) is 18.2 Å². The van der Waals surface area contributed by atoms with Crippen LogP contribution in [0.5, 0.6) is 17.2 Å². The van der Waals surface area contributed by atoms with Crippen molar-refractivity contribution in [3.63, 3.8) is 0 Å². The number of carbonyl (C=O) groups is 1. The van der Waals surface area contributed by atoms with Crippen molar-refractivity contribution in [3.8, 4) is 17.2 Å². The fourth-order valence-electron chi connectivity index (χ4n) is 5.11. The molecule has 1 unspecified atom stereocenters. The van der Waals surface area contributed by atoms with Gasteiger partial charge < -0.3 is 19.0 Å². The van der Waals surface area contributed by atoms with Crippen LogP contribution in [0.25, 0.3) is 0 Å². The van der Waals surface area contributed by atoms with Gasteiger partial charge in [0.2, 0.25) is 0 Å². The molecule has 0 bridgehead atoms. The number of rotatable bonds is 6. The Morgan fingerprint density at radius 2 is 1.75 bits per heavy atom. The van der Waals surface area contributed by atoms with E-state index in [1.165, 1.54) is 19.2 Å². The topological polar surface area (TPSA) is 94.2 Å². The number of benzene rings is 3. The Morgan fingerprint density at radius 1 is 1.00 bits per heavy atom. The molecule has 8 nitrogen and oxygen atoms in total. The SMILES string of the molecule is CNC(=O)c1cc2c(cc1OC)CCN1Cc3c(ccc(OC)c3OS(=O)(=O)c3ccccc3)CC21. The molecule has 36 heavy (non-hydrogen) atoms. The van der Waals surface area contributed by atoms with Crippen LogP contribution in [0.1, 0.15) is 38.7 Å². The quantitative estimate of drug-likeness (QED) is 0.510. The van der Waals surface area contributed by atoms with E-state index in [4.69, 9.17) is 13.7 Å². The molecule has 0 aromatic heterocycles. The van der Waals surface area contributed by atoms with Crippen LogP contribution in [0.15, 0.2) is 59.5 Å². The Labute approximate surface area is 210 Å². The van der Waals surface area contributed by atoms with Gasteiger partial charge in [-0.05, 0) is 59.9 Å². The predicted octanol–water partition coefficient (Wildman–Crippen LogP) is 3.49. The van der Waals surface area contributed by atoms with Gasteiger partial charge in [0, 0.05) is 31.7 Å². The number of nitrogens with one attached hydrogen (secondary N) is 1. The van der Waals surface area contributed by atoms with Gasteiger partial charge in [-0.25, -0.2) is 0 Å². The van der Waals surface area contributed by atoms with Crippen molar-refractivity contribution in [3.05, 3.63) is 82.4 Å². The van der Waals surface area contributed by atoms with E-state index in [-0.39, 0.29) is 22.6 Å². The fourth-order valence-corrected chi connectivity index (χ4v) is 6.10. The summed E-state index contributed by atoms with van der Waals surface area (Å²) in [6.07, 6.45) is 1.43. The Hall–Kier alpha value is -3.56. The first-order valence-electron chi connectivity index (χ1n) is 11.7. The van der Waals surface area contributed by atoms with E-state index in [0.29, 0.717) is 30.0 Å². The molecule has 0 spiro atoms. The van der Waals surface area contributed by atoms with Gasteiger partial charge in [-0.2, -0.15) is 8.42 Å². The van der Waals surface area contributed by atoms with Gasteiger partial charge in [0.1, 0.15) is 10.6 Å². The summed E-state index contributed by atoms with van der Waals surface area (Å²) in [5.41, 5.74) is 4.52. The lowest BCUT2D eigenvalue weighted by Gasteiger charge is -2.42. The highest BCUT2D eigenvalue weighted by atomic mass is 32.2. The van der Waals surface area contributed by atoms with Crippen LogP contribution in [-0.2, 0) is 29.5 Å². The molecule has 0 aliphatic carbocycles. The molecular formula is C27H28N2O6S. The molecule has 0 fully saturated rings. The van der Waals surface area contributed by atoms with E-state index in [9.17, 15) is 13.2 Å². The number of ether oxygens (including phenoxy) is 2. The summed E-state index contributed by atoms with van der Waals surface area (Å²) in [5, 5.41) is 2.69. The van der Waals surface area contributed by atoms with Gasteiger partial charge in [0.05, 0.1) is 19.8 Å². The first-order chi connectivity index (χ1) is 17.4. The molecule has 1 amide bonds. The van der Waals surface area contributed by atoms with Crippen LogP contribution in [-0.4, -0.2) is 47.0 Å². The molecular weight excluding hydrogens is 480 g/mol. The summed E-state index contributed by atoms with van der Waals surface area (Å²) in [4.78, 5) is 14.9. The minimum absolute atomic E-state index is 0.0440. The standard InChI is InChI=1S/C27H28N2O6S/c1-28-27(30)21-15-20-18(14-25(21)34-3)11-12-29-16-22-17(13-23(20)29)9-10-24(33-2)26(22)35-36(31,32)19-7-5-4-6-8-19/h4-10,14-15,23H,11-13,16H2,1-3H3,(H,28,30). The van der Waals surface area contributed by atoms with Crippen LogP contribution in [0.2, 0.25) is 0 Å². The smallest absolute Gasteiger partial charge is 0.339 e. The maximum atomic E-state index is 13.1. The van der Waals surface area contributed by atoms with Crippen molar-refractivity contribution < 1.29 is 26.9 Å². The van der Waals surface area contributed by atoms with Gasteiger partial charge >= 0.3 is 10.1 Å². The van der Waals surface area contributed by atoms with Crippen LogP contribution < -0.4 is 19.0 Å². The molecule has 0 saturated heterocycles. The Morgan fingerprint density at radius 3 is 2.44 bits per heavy atom. The fraction of sp³-hybridized carbons (Fsp3) is 0.296. The second-order valence-electron chi connectivity index (χ2n) is 8.86. The highest BCUT2D eigenvalue weighted by Crippen LogP contribution is 2.45. The summed E-state index contributed by atoms with van der Waals surface area (Å²) in [7, 11) is 0.628. The summed E-state index contributed by atoms with van der Waals surface area (Å²) in [5.74, 6) is 0.957. The van der Waals surface area contributed by atoms with Gasteiger partial charge in [0.25, 0.3) is 5.91 Å². The molecule has 2 heterocycles. The molecule has 2 aliphatic rings. The number of fused-ring (bicyclic) bond motifs is 4. The Kier molecular flexibility index (Phi) is 6.36. The second kappa shape index (κ2) is 9.48. The van der Waals surface area contributed by atoms with Crippen LogP contribution >= 0.6 is 0 Å². The van der Waals surface area contributed by atoms with Gasteiger partial charge in [-0.3, -0.25) is 9.69 Å². The maximum absolute atomic E-state index is 13.1. The maximum Gasteiger partial charge on any atom is 0.339 e. The first-order valence-corrected chi connectivity index (χ1v) is 13.1. The second-order valence-corrected chi connectivity index (χ2v) is 10.4. The minimum atomic E-state index is -4.04. The van der Waals surface area contributed by atoms with E-state index < -0.39 is 10.1 Å². The lowest BCUT2D eigenvalue weighted by atomic mass is 9.83. The van der Waals surface area contributed by atoms with Crippen molar-refractivity contribution in [2.75, 3.05) is 27.8 Å². The zero-order chi connectivity index (χ0) is 25.4. The van der Waals surface area contributed by atoms with Gasteiger partial charge in [-0.1, -0.05) is 24.3 Å². The lowest BCUT2D eigenvalue weighted by molar-refractivity contribution is 0.0959. The lowest BCUT2D eigenvalue weighted by Crippen LogP contribution is -2.40. The van der Waals surface area contributed by atoms with Crippen LogP contribution in [0, 0.1) is 0 Å². The van der Waals surface area contributed by atoms with Crippen molar-refractivity contribution >= 4 is 16.0 Å². The zero-order valence-electron chi connectivity index (χ0n) is 20.4. The van der Waals surface area contributed by atoms with Crippen LogP contribution in [0.4, 0.5) is 0 Å². The van der Waals surface area contributed by atoms with Gasteiger partial charge in [0.15, 0.2) is 11.5 Å². The molecule has 0 radical (unpaired) electrons.